The molecule has 1 aliphatic heterocycles. The lowest BCUT2D eigenvalue weighted by Gasteiger charge is -2.14. The van der Waals surface area contributed by atoms with E-state index >= 15 is 0 Å². The molecule has 0 unspecified atom stereocenters. The highest BCUT2D eigenvalue weighted by Gasteiger charge is 2.12. The zero-order valence-electron chi connectivity index (χ0n) is 12.6. The fourth-order valence-electron chi connectivity index (χ4n) is 2.44. The summed E-state index contributed by atoms with van der Waals surface area (Å²) in [6, 6.07) is 0. The fraction of sp³-hybridized carbons (Fsp3) is 0.812. The average Bonchev–Trinajstić information content (AvgIpc) is 2.85. The molecule has 0 aromatic carbocycles. The summed E-state index contributed by atoms with van der Waals surface area (Å²) in [6.07, 6.45) is 16.3. The highest BCUT2D eigenvalue weighted by molar-refractivity contribution is 5.84. The van der Waals surface area contributed by atoms with Gasteiger partial charge in [-0.2, -0.15) is 0 Å². The summed E-state index contributed by atoms with van der Waals surface area (Å²) < 4.78 is 0. The highest BCUT2D eigenvalue weighted by atomic mass is 15.2. The zero-order valence-corrected chi connectivity index (χ0v) is 12.6. The molecule has 1 aliphatic rings. The molecule has 0 saturated carbocycles. The van der Waals surface area contributed by atoms with Crippen LogP contribution in [0.3, 0.4) is 0 Å². The van der Waals surface area contributed by atoms with E-state index in [0.29, 0.717) is 6.54 Å². The highest BCUT2D eigenvalue weighted by Crippen LogP contribution is 2.10. The predicted octanol–water partition coefficient (Wildman–Crippen LogP) is 3.70. The number of allylic oxidation sites excluding steroid dienone is 1. The van der Waals surface area contributed by atoms with Gasteiger partial charge in [0.1, 0.15) is 5.84 Å². The maximum absolute atomic E-state index is 5.58. The second kappa shape index (κ2) is 11.0. The normalized spacial score (nSPS) is 15.5. The van der Waals surface area contributed by atoms with Gasteiger partial charge >= 0.3 is 0 Å². The molecular formula is C16H31N3. The summed E-state index contributed by atoms with van der Waals surface area (Å²) in [5, 5.41) is 0. The lowest BCUT2D eigenvalue weighted by Crippen LogP contribution is -2.23. The SMILES string of the molecule is CCCCCCCCCC=CN1CCN=C1CCN. The molecule has 0 fully saturated rings. The van der Waals surface area contributed by atoms with Gasteiger partial charge in [-0.3, -0.25) is 4.99 Å². The Balaban J connectivity index is 2.00. The molecule has 0 aromatic rings. The first-order valence-electron chi connectivity index (χ1n) is 8.05. The molecule has 0 radical (unpaired) electrons. The molecule has 0 atom stereocenters. The van der Waals surface area contributed by atoms with E-state index in [1.165, 1.54) is 57.2 Å². The Morgan fingerprint density at radius 1 is 1.16 bits per heavy atom. The van der Waals surface area contributed by atoms with E-state index in [-0.39, 0.29) is 0 Å². The molecule has 0 bridgehead atoms. The van der Waals surface area contributed by atoms with E-state index in [9.17, 15) is 0 Å². The van der Waals surface area contributed by atoms with Crippen molar-refractivity contribution in [1.82, 2.24) is 4.90 Å². The van der Waals surface area contributed by atoms with Crippen molar-refractivity contribution in [2.75, 3.05) is 19.6 Å². The van der Waals surface area contributed by atoms with E-state index in [1.54, 1.807) is 0 Å². The number of hydrogen-bond acceptors (Lipinski definition) is 3. The van der Waals surface area contributed by atoms with Crippen LogP contribution >= 0.6 is 0 Å². The summed E-state index contributed by atoms with van der Waals surface area (Å²) in [6.45, 7) is 4.92. The molecule has 0 amide bonds. The molecule has 0 aromatic heterocycles. The standard InChI is InChI=1S/C16H31N3/c1-2-3-4-5-6-7-8-9-10-14-19-15-13-18-16(19)11-12-17/h10,14H,2-9,11-13,15,17H2,1H3. The van der Waals surface area contributed by atoms with Gasteiger partial charge in [0.05, 0.1) is 6.54 Å². The summed E-state index contributed by atoms with van der Waals surface area (Å²) in [5.74, 6) is 1.17. The molecule has 1 heterocycles. The fourth-order valence-corrected chi connectivity index (χ4v) is 2.44. The maximum Gasteiger partial charge on any atom is 0.104 e. The van der Waals surface area contributed by atoms with Crippen LogP contribution in [0.4, 0.5) is 0 Å². The van der Waals surface area contributed by atoms with E-state index in [1.807, 2.05) is 0 Å². The Kier molecular flexibility index (Phi) is 9.42. The Bertz CT molecular complexity index is 271. The second-order valence-corrected chi connectivity index (χ2v) is 5.32. The number of amidine groups is 1. The third-order valence-electron chi connectivity index (χ3n) is 3.59. The van der Waals surface area contributed by atoms with Crippen LogP contribution in [-0.4, -0.2) is 30.4 Å². The molecule has 19 heavy (non-hydrogen) atoms. The molecule has 0 saturated heterocycles. The van der Waals surface area contributed by atoms with Crippen LogP contribution in [0.15, 0.2) is 17.3 Å². The largest absolute Gasteiger partial charge is 0.335 e. The van der Waals surface area contributed by atoms with Gasteiger partial charge in [-0.05, 0) is 19.4 Å². The van der Waals surface area contributed by atoms with Crippen LogP contribution in [0.1, 0.15) is 64.7 Å². The molecule has 3 nitrogen and oxygen atoms in total. The summed E-state index contributed by atoms with van der Waals surface area (Å²) in [4.78, 5) is 6.73. The van der Waals surface area contributed by atoms with E-state index in [0.717, 1.165) is 19.5 Å². The quantitative estimate of drug-likeness (QED) is 0.579. The van der Waals surface area contributed by atoms with E-state index in [4.69, 9.17) is 5.73 Å². The molecule has 110 valence electrons. The van der Waals surface area contributed by atoms with Gasteiger partial charge < -0.3 is 10.6 Å². The van der Waals surface area contributed by atoms with Crippen molar-refractivity contribution >= 4 is 5.84 Å². The van der Waals surface area contributed by atoms with Crippen molar-refractivity contribution in [3.8, 4) is 0 Å². The lowest BCUT2D eigenvalue weighted by molar-refractivity contribution is 0.581. The first-order chi connectivity index (χ1) is 9.38. The maximum atomic E-state index is 5.58. The smallest absolute Gasteiger partial charge is 0.104 e. The second-order valence-electron chi connectivity index (χ2n) is 5.32. The van der Waals surface area contributed by atoms with Gasteiger partial charge in [0, 0.05) is 19.2 Å². The lowest BCUT2D eigenvalue weighted by atomic mass is 10.1. The van der Waals surface area contributed by atoms with Gasteiger partial charge in [0.25, 0.3) is 0 Å². The Morgan fingerprint density at radius 3 is 2.63 bits per heavy atom. The number of nitrogens with two attached hydrogens (primary N) is 1. The number of rotatable bonds is 11. The first-order valence-corrected chi connectivity index (χ1v) is 8.05. The number of nitrogens with zero attached hydrogens (tertiary/aromatic N) is 2. The van der Waals surface area contributed by atoms with Crippen LogP contribution in [-0.2, 0) is 0 Å². The minimum atomic E-state index is 0.695. The third-order valence-corrected chi connectivity index (χ3v) is 3.59. The predicted molar refractivity (Wildman–Crippen MR) is 84.4 cm³/mol. The molecule has 0 aliphatic carbocycles. The van der Waals surface area contributed by atoms with Crippen molar-refractivity contribution in [3.05, 3.63) is 12.3 Å². The first kappa shape index (κ1) is 16.2. The van der Waals surface area contributed by atoms with Crippen molar-refractivity contribution in [1.29, 1.82) is 0 Å². The monoisotopic (exact) mass is 265 g/mol. The Labute approximate surface area is 119 Å². The molecule has 1 rings (SSSR count). The van der Waals surface area contributed by atoms with Crippen LogP contribution in [0.5, 0.6) is 0 Å². The topological polar surface area (TPSA) is 41.6 Å². The number of hydrogen-bond donors (Lipinski definition) is 1. The van der Waals surface area contributed by atoms with Gasteiger partial charge in [0.2, 0.25) is 0 Å². The van der Waals surface area contributed by atoms with Crippen LogP contribution in [0.25, 0.3) is 0 Å². The molecule has 3 heteroatoms. The van der Waals surface area contributed by atoms with Gasteiger partial charge in [-0.1, -0.05) is 51.5 Å². The Hall–Kier alpha value is -0.830. The van der Waals surface area contributed by atoms with E-state index < -0.39 is 0 Å². The summed E-state index contributed by atoms with van der Waals surface area (Å²) in [5.41, 5.74) is 5.58. The van der Waals surface area contributed by atoms with Crippen LogP contribution < -0.4 is 5.73 Å². The van der Waals surface area contributed by atoms with Crippen molar-refractivity contribution in [3.63, 3.8) is 0 Å². The summed E-state index contributed by atoms with van der Waals surface area (Å²) in [7, 11) is 0. The zero-order chi connectivity index (χ0) is 13.8. The number of aliphatic imine (C=N–C) groups is 1. The molecule has 2 N–H and O–H groups in total. The van der Waals surface area contributed by atoms with E-state index in [2.05, 4.69) is 29.1 Å². The van der Waals surface area contributed by atoms with Crippen molar-refractivity contribution < 1.29 is 0 Å². The van der Waals surface area contributed by atoms with Crippen molar-refractivity contribution in [2.24, 2.45) is 10.7 Å². The van der Waals surface area contributed by atoms with Gasteiger partial charge in [-0.15, -0.1) is 0 Å². The van der Waals surface area contributed by atoms with Crippen molar-refractivity contribution in [2.45, 2.75) is 64.7 Å². The molecule has 0 spiro atoms. The summed E-state index contributed by atoms with van der Waals surface area (Å²) >= 11 is 0. The van der Waals surface area contributed by atoms with Crippen LogP contribution in [0.2, 0.25) is 0 Å². The van der Waals surface area contributed by atoms with Gasteiger partial charge in [0.15, 0.2) is 0 Å². The Morgan fingerprint density at radius 2 is 1.89 bits per heavy atom. The molecular weight excluding hydrogens is 234 g/mol. The third kappa shape index (κ3) is 7.36. The van der Waals surface area contributed by atoms with Crippen LogP contribution in [0, 0.1) is 0 Å². The minimum Gasteiger partial charge on any atom is -0.335 e. The number of unbranched alkanes of at least 4 members (excludes halogenated alkanes) is 7. The van der Waals surface area contributed by atoms with Gasteiger partial charge in [-0.25, -0.2) is 0 Å². The average molecular weight is 265 g/mol. The minimum absolute atomic E-state index is 0.695.